The van der Waals surface area contributed by atoms with Gasteiger partial charge in [0, 0.05) is 0 Å². The van der Waals surface area contributed by atoms with Crippen molar-refractivity contribution >= 4 is 5.97 Å². The lowest BCUT2D eigenvalue weighted by atomic mass is 10.2. The average Bonchev–Trinajstić information content (AvgIpc) is 1.88. The van der Waals surface area contributed by atoms with Crippen molar-refractivity contribution < 1.29 is 9.90 Å². The van der Waals surface area contributed by atoms with Crippen molar-refractivity contribution in [2.45, 2.75) is 6.92 Å². The highest BCUT2D eigenvalue weighted by Crippen LogP contribution is 2.01. The summed E-state index contributed by atoms with van der Waals surface area (Å²) in [6, 6.07) is 6.96. The third kappa shape index (κ3) is 1.35. The monoisotopic (exact) mass is 137 g/mol. The van der Waals surface area contributed by atoms with Crippen LogP contribution in [0.5, 0.6) is 0 Å². The first-order valence-electron chi connectivity index (χ1n) is 3.02. The summed E-state index contributed by atoms with van der Waals surface area (Å²) in [5.41, 5.74) is 1.55. The Labute approximate surface area is 59.1 Å². The number of carboxylic acid groups (broad SMARTS) is 1. The maximum absolute atomic E-state index is 8.59. The molecule has 2 N–H and O–H groups in total. The summed E-state index contributed by atoms with van der Waals surface area (Å²) < 4.78 is 0. The van der Waals surface area contributed by atoms with Crippen LogP contribution in [0, 0.1) is 6.92 Å². The van der Waals surface area contributed by atoms with Crippen LogP contribution in [0.2, 0.25) is 0 Å². The predicted molar refractivity (Wildman–Crippen MR) is 39.9 cm³/mol. The summed E-state index contributed by atoms with van der Waals surface area (Å²) in [7, 11) is 0. The number of hydrogen-bond acceptors (Lipinski definition) is 0. The van der Waals surface area contributed by atoms with Gasteiger partial charge >= 0.3 is 5.97 Å². The lowest BCUT2D eigenvalue weighted by molar-refractivity contribution is 0.463. The maximum atomic E-state index is 8.59. The third-order valence-electron chi connectivity index (χ3n) is 1.31. The Morgan fingerprint density at radius 3 is 2.20 bits per heavy atom. The predicted octanol–water partition coefficient (Wildman–Crippen LogP) is 1.40. The smallest absolute Gasteiger partial charge is 0.335 e. The molecule has 0 saturated carbocycles. The van der Waals surface area contributed by atoms with Crippen LogP contribution in [-0.4, -0.2) is 15.9 Å². The maximum Gasteiger partial charge on any atom is 0.515 e. The second-order valence-electron chi connectivity index (χ2n) is 2.19. The van der Waals surface area contributed by atoms with E-state index < -0.39 is 5.97 Å². The van der Waals surface area contributed by atoms with E-state index in [1.807, 2.05) is 19.1 Å². The van der Waals surface area contributed by atoms with E-state index in [2.05, 4.69) is 0 Å². The number of aryl methyl sites for hydroxylation is 1. The number of hydrogen-bond donors (Lipinski definition) is 1. The zero-order valence-corrected chi connectivity index (χ0v) is 5.70. The van der Waals surface area contributed by atoms with E-state index in [1.54, 1.807) is 12.1 Å². The molecule has 1 aromatic carbocycles. The van der Waals surface area contributed by atoms with Crippen LogP contribution in [0.4, 0.5) is 0 Å². The molecule has 0 aliphatic heterocycles. The number of benzene rings is 1. The molecule has 0 aromatic heterocycles. The molecule has 0 saturated heterocycles. The molecule has 10 heavy (non-hydrogen) atoms. The molecule has 52 valence electrons. The van der Waals surface area contributed by atoms with Crippen molar-refractivity contribution in [2.75, 3.05) is 0 Å². The van der Waals surface area contributed by atoms with E-state index in [9.17, 15) is 0 Å². The van der Waals surface area contributed by atoms with Gasteiger partial charge in [0.25, 0.3) is 0 Å². The number of carboxylic acids is 1. The Hall–Kier alpha value is -1.31. The van der Waals surface area contributed by atoms with Crippen LogP contribution in [-0.2, 0) is 0 Å². The Morgan fingerprint density at radius 2 is 1.80 bits per heavy atom. The minimum absolute atomic E-state index is 0.450. The van der Waals surface area contributed by atoms with Crippen molar-refractivity contribution in [2.24, 2.45) is 0 Å². The number of rotatable bonds is 1. The lowest BCUT2D eigenvalue weighted by Crippen LogP contribution is -1.96. The SMILES string of the molecule is Cc1ccc(C(O)=[OH+])cc1. The molecule has 0 bridgehead atoms. The Kier molecular flexibility index (Phi) is 1.71. The van der Waals surface area contributed by atoms with Gasteiger partial charge in [0.1, 0.15) is 5.56 Å². The van der Waals surface area contributed by atoms with E-state index in [-0.39, 0.29) is 0 Å². The van der Waals surface area contributed by atoms with Gasteiger partial charge < -0.3 is 9.90 Å². The zero-order valence-electron chi connectivity index (χ0n) is 5.70. The largest absolute Gasteiger partial charge is 0.515 e. The van der Waals surface area contributed by atoms with Gasteiger partial charge in [-0.2, -0.15) is 0 Å². The summed E-state index contributed by atoms with van der Waals surface area (Å²) in [6.07, 6.45) is 0. The molecule has 0 radical (unpaired) electrons. The minimum atomic E-state index is -0.625. The molecule has 0 heterocycles. The fraction of sp³-hybridized carbons (Fsp3) is 0.125. The van der Waals surface area contributed by atoms with E-state index in [1.165, 1.54) is 0 Å². The molecule has 0 aliphatic rings. The van der Waals surface area contributed by atoms with Crippen molar-refractivity contribution in [3.63, 3.8) is 0 Å². The van der Waals surface area contributed by atoms with Gasteiger partial charge in [-0.15, -0.1) is 0 Å². The van der Waals surface area contributed by atoms with E-state index in [0.717, 1.165) is 5.56 Å². The molecule has 1 rings (SSSR count). The van der Waals surface area contributed by atoms with Crippen LogP contribution in [0.15, 0.2) is 24.3 Å². The highest BCUT2D eigenvalue weighted by Gasteiger charge is 2.06. The molecule has 0 unspecified atom stereocenters. The Balaban J connectivity index is 3.00. The van der Waals surface area contributed by atoms with Crippen molar-refractivity contribution in [3.8, 4) is 0 Å². The quantitative estimate of drug-likeness (QED) is 0.584. The summed E-state index contributed by atoms with van der Waals surface area (Å²) in [5, 5.41) is 8.59. The van der Waals surface area contributed by atoms with Gasteiger partial charge in [0.15, 0.2) is 0 Å². The van der Waals surface area contributed by atoms with Crippen LogP contribution in [0.25, 0.3) is 0 Å². The first-order chi connectivity index (χ1) is 4.70. The summed E-state index contributed by atoms with van der Waals surface area (Å²) in [4.78, 5) is 8.59. The fourth-order valence-electron chi connectivity index (χ4n) is 0.703. The van der Waals surface area contributed by atoms with E-state index >= 15 is 0 Å². The second-order valence-corrected chi connectivity index (χ2v) is 2.19. The van der Waals surface area contributed by atoms with Gasteiger partial charge in [-0.3, -0.25) is 0 Å². The molecule has 1 aromatic rings. The van der Waals surface area contributed by atoms with Gasteiger partial charge in [-0.05, 0) is 19.1 Å². The zero-order chi connectivity index (χ0) is 7.56. The molecule has 0 spiro atoms. The minimum Gasteiger partial charge on any atom is -0.335 e. The summed E-state index contributed by atoms with van der Waals surface area (Å²) >= 11 is 0. The van der Waals surface area contributed by atoms with Crippen molar-refractivity contribution in [1.29, 1.82) is 0 Å². The molecule has 2 nitrogen and oxygen atoms in total. The highest BCUT2D eigenvalue weighted by atomic mass is 16.4. The number of aromatic carboxylic acids is 1. The second kappa shape index (κ2) is 2.52. The van der Waals surface area contributed by atoms with Crippen molar-refractivity contribution in [3.05, 3.63) is 35.4 Å². The van der Waals surface area contributed by atoms with Crippen LogP contribution in [0.3, 0.4) is 0 Å². The van der Waals surface area contributed by atoms with Crippen molar-refractivity contribution in [1.82, 2.24) is 0 Å². The molecule has 0 aliphatic carbocycles. The molecular weight excluding hydrogens is 128 g/mol. The first-order valence-corrected chi connectivity index (χ1v) is 3.02. The first kappa shape index (κ1) is 6.81. The van der Waals surface area contributed by atoms with Gasteiger partial charge in [0.05, 0.1) is 0 Å². The Bertz CT molecular complexity index is 236. The fourth-order valence-corrected chi connectivity index (χ4v) is 0.703. The summed E-state index contributed by atoms with van der Waals surface area (Å²) in [6.45, 7) is 1.94. The van der Waals surface area contributed by atoms with E-state index in [0.29, 0.717) is 5.56 Å². The highest BCUT2D eigenvalue weighted by molar-refractivity contribution is 5.88. The molecule has 0 fully saturated rings. The average molecular weight is 137 g/mol. The van der Waals surface area contributed by atoms with Crippen LogP contribution in [0.1, 0.15) is 11.1 Å². The van der Waals surface area contributed by atoms with Gasteiger partial charge in [-0.25, -0.2) is 0 Å². The molecule has 0 atom stereocenters. The lowest BCUT2D eigenvalue weighted by Gasteiger charge is -1.89. The topological polar surface area (TPSA) is 41.6 Å². The molecule has 0 amide bonds. The number of aliphatic hydroxyl groups excluding tert-OH is 1. The standard InChI is InChI=1S/C8H8O2/c1-6-2-4-7(5-3-6)8(9)10/h2-5H,1H3,(H,9,10)/p+1. The van der Waals surface area contributed by atoms with Crippen LogP contribution >= 0.6 is 0 Å². The normalized spacial score (nSPS) is 9.30. The summed E-state index contributed by atoms with van der Waals surface area (Å²) in [5.74, 6) is -0.625. The van der Waals surface area contributed by atoms with Gasteiger partial charge in [0.2, 0.25) is 0 Å². The third-order valence-corrected chi connectivity index (χ3v) is 1.31. The molecule has 2 heteroatoms. The van der Waals surface area contributed by atoms with Crippen LogP contribution < -0.4 is 0 Å². The Morgan fingerprint density at radius 1 is 1.30 bits per heavy atom. The van der Waals surface area contributed by atoms with E-state index in [4.69, 9.17) is 9.90 Å². The molecular formula is C8H9O2+. The van der Waals surface area contributed by atoms with Gasteiger partial charge in [-0.1, -0.05) is 17.7 Å².